The maximum Gasteiger partial charge on any atom is 0.184 e. The lowest BCUT2D eigenvalue weighted by Gasteiger charge is -2.40. The van der Waals surface area contributed by atoms with E-state index in [2.05, 4.69) is 97.6 Å². The predicted molar refractivity (Wildman–Crippen MR) is 137 cm³/mol. The van der Waals surface area contributed by atoms with Crippen LogP contribution >= 0.6 is 0 Å². The quantitative estimate of drug-likeness (QED) is 0.453. The maximum atomic E-state index is 12.6. The zero-order valence-electron chi connectivity index (χ0n) is 18.5. The minimum absolute atomic E-state index is 0.0334. The molecule has 3 aromatic carbocycles. The minimum atomic E-state index is -2.73. The first-order valence-electron chi connectivity index (χ1n) is 11.2. The largest absolute Gasteiger partial charge is 0.372 e. The number of ketones is 1. The lowest BCUT2D eigenvalue weighted by atomic mass is 10.1. The Morgan fingerprint density at radius 2 is 1.44 bits per heavy atom. The van der Waals surface area contributed by atoms with E-state index in [1.165, 1.54) is 21.2 Å². The van der Waals surface area contributed by atoms with Crippen LogP contribution in [-0.4, -0.2) is 32.7 Å². The van der Waals surface area contributed by atoms with Crippen LogP contribution in [0, 0.1) is 0 Å². The summed E-state index contributed by atoms with van der Waals surface area (Å²) in [6, 6.07) is 28.1. The van der Waals surface area contributed by atoms with Crippen molar-refractivity contribution in [3.8, 4) is 0 Å². The molecule has 0 aromatic heterocycles. The number of carbonyl (C=O) groups excluding carboxylic acids is 1. The van der Waals surface area contributed by atoms with Gasteiger partial charge in [-0.25, -0.2) is 4.99 Å². The van der Waals surface area contributed by atoms with Crippen LogP contribution in [0.3, 0.4) is 0 Å². The van der Waals surface area contributed by atoms with Gasteiger partial charge < -0.3 is 4.90 Å². The number of benzene rings is 3. The maximum absolute atomic E-state index is 12.6. The number of hydrogen-bond acceptors (Lipinski definition) is 3. The van der Waals surface area contributed by atoms with Crippen molar-refractivity contribution in [1.29, 1.82) is 0 Å². The van der Waals surface area contributed by atoms with Crippen LogP contribution in [0.1, 0.15) is 13.8 Å². The second kappa shape index (κ2) is 8.21. The third-order valence-electron chi connectivity index (χ3n) is 6.54. The molecule has 0 amide bonds. The van der Waals surface area contributed by atoms with Crippen molar-refractivity contribution in [2.75, 3.05) is 18.0 Å². The van der Waals surface area contributed by atoms with Crippen molar-refractivity contribution in [3.63, 3.8) is 0 Å². The first-order valence-corrected chi connectivity index (χ1v) is 13.2. The molecule has 0 N–H and O–H groups in total. The van der Waals surface area contributed by atoms with Crippen molar-refractivity contribution < 1.29 is 4.79 Å². The molecule has 3 nitrogen and oxygen atoms in total. The van der Waals surface area contributed by atoms with E-state index in [4.69, 9.17) is 4.99 Å². The molecule has 32 heavy (non-hydrogen) atoms. The smallest absolute Gasteiger partial charge is 0.184 e. The number of carbonyl (C=O) groups is 1. The molecule has 0 unspecified atom stereocenters. The third kappa shape index (κ3) is 3.10. The summed E-state index contributed by atoms with van der Waals surface area (Å²) in [4.78, 5) is 20.0. The zero-order chi connectivity index (χ0) is 22.1. The predicted octanol–water partition coefficient (Wildman–Crippen LogP) is 3.69. The molecular formula is C28H26N2OSi. The molecule has 0 saturated carbocycles. The first kappa shape index (κ1) is 20.4. The molecule has 1 heterocycles. The number of fused-ring (bicyclic) bond motifs is 2. The number of allylic oxidation sites excluding steroid dienone is 4. The van der Waals surface area contributed by atoms with Crippen LogP contribution in [-0.2, 0) is 4.79 Å². The molecule has 1 aliphatic heterocycles. The fourth-order valence-electron chi connectivity index (χ4n) is 5.06. The summed E-state index contributed by atoms with van der Waals surface area (Å²) in [6.07, 6.45) is 5.36. The van der Waals surface area contributed by atoms with E-state index in [1.807, 2.05) is 12.2 Å². The van der Waals surface area contributed by atoms with E-state index in [9.17, 15) is 4.79 Å². The fraction of sp³-hybridized carbons (Fsp3) is 0.143. The van der Waals surface area contributed by atoms with Crippen LogP contribution in [0.25, 0.3) is 0 Å². The molecule has 0 fully saturated rings. The molecule has 3 aromatic rings. The molecule has 0 saturated heterocycles. The molecule has 158 valence electrons. The lowest BCUT2D eigenvalue weighted by Crippen LogP contribution is -2.71. The van der Waals surface area contributed by atoms with Crippen molar-refractivity contribution in [2.24, 2.45) is 4.99 Å². The average molecular weight is 435 g/mol. The summed E-state index contributed by atoms with van der Waals surface area (Å²) >= 11 is 0. The topological polar surface area (TPSA) is 32.7 Å². The van der Waals surface area contributed by atoms with Gasteiger partial charge in [0.25, 0.3) is 0 Å². The van der Waals surface area contributed by atoms with Gasteiger partial charge in [0.2, 0.25) is 0 Å². The van der Waals surface area contributed by atoms with Gasteiger partial charge in [-0.3, -0.25) is 4.79 Å². The lowest BCUT2D eigenvalue weighted by molar-refractivity contribution is -0.110. The Hall–Kier alpha value is -3.50. The van der Waals surface area contributed by atoms with Crippen molar-refractivity contribution in [2.45, 2.75) is 13.8 Å². The van der Waals surface area contributed by atoms with Gasteiger partial charge >= 0.3 is 0 Å². The summed E-state index contributed by atoms with van der Waals surface area (Å²) in [7, 11) is -2.73. The Labute approximate surface area is 190 Å². The molecule has 0 radical (unpaired) electrons. The Balaban J connectivity index is 1.92. The standard InChI is InChI=1S/C28H26N2OSi/c1-3-30(4-2)21-15-17-25-27(19-21)32(23-11-7-5-8-12-23,24-13-9-6-10-14-24)28-20-22(31)16-18-26(28)29-25/h5-20H,3-4H2,1-2H3. The van der Waals surface area contributed by atoms with E-state index in [0.717, 1.165) is 29.7 Å². The van der Waals surface area contributed by atoms with E-state index in [-0.39, 0.29) is 5.78 Å². The molecule has 0 spiro atoms. The highest BCUT2D eigenvalue weighted by molar-refractivity contribution is 7.19. The Kier molecular flexibility index (Phi) is 5.23. The van der Waals surface area contributed by atoms with Crippen molar-refractivity contribution >= 4 is 46.5 Å². The Morgan fingerprint density at radius 3 is 2.03 bits per heavy atom. The van der Waals surface area contributed by atoms with Crippen LogP contribution in [0.2, 0.25) is 0 Å². The highest BCUT2D eigenvalue weighted by Gasteiger charge is 2.48. The van der Waals surface area contributed by atoms with Gasteiger partial charge in [-0.1, -0.05) is 60.7 Å². The molecule has 1 aliphatic carbocycles. The number of hydrogen-bond donors (Lipinski definition) is 0. The minimum Gasteiger partial charge on any atom is -0.372 e. The highest BCUT2D eigenvalue weighted by Crippen LogP contribution is 2.32. The van der Waals surface area contributed by atoms with Gasteiger partial charge in [-0.2, -0.15) is 0 Å². The van der Waals surface area contributed by atoms with Crippen LogP contribution in [0.5, 0.6) is 0 Å². The summed E-state index contributed by atoms with van der Waals surface area (Å²) < 4.78 is 0. The van der Waals surface area contributed by atoms with Crippen LogP contribution in [0.15, 0.2) is 107 Å². The van der Waals surface area contributed by atoms with Gasteiger partial charge in [-0.15, -0.1) is 0 Å². The SMILES string of the molecule is CCN(CC)c1ccc2c(c1)[Si](c1ccccc1)(c1ccccc1)C1=CC(=O)C=CC1=N2. The fourth-order valence-corrected chi connectivity index (χ4v) is 10.1. The molecule has 2 aliphatic rings. The van der Waals surface area contributed by atoms with E-state index in [1.54, 1.807) is 6.08 Å². The molecule has 4 heteroatoms. The van der Waals surface area contributed by atoms with Gasteiger partial charge in [-0.05, 0) is 71.0 Å². The summed E-state index contributed by atoms with van der Waals surface area (Å²) in [5, 5.41) is 4.86. The number of nitrogens with zero attached hydrogens (tertiary/aromatic N) is 2. The molecular weight excluding hydrogens is 408 g/mol. The van der Waals surface area contributed by atoms with E-state index < -0.39 is 8.07 Å². The normalized spacial score (nSPS) is 16.0. The summed E-state index contributed by atoms with van der Waals surface area (Å²) in [5.74, 6) is 0.0334. The van der Waals surface area contributed by atoms with Gasteiger partial charge in [0.05, 0.1) is 11.4 Å². The van der Waals surface area contributed by atoms with Crippen molar-refractivity contribution in [1.82, 2.24) is 0 Å². The Morgan fingerprint density at radius 1 is 0.812 bits per heavy atom. The first-order chi connectivity index (χ1) is 15.7. The number of aliphatic imine (C=N–C) groups is 1. The number of anilines is 1. The molecule has 0 bridgehead atoms. The number of rotatable bonds is 5. The third-order valence-corrected chi connectivity index (χ3v) is 11.4. The molecule has 0 atom stereocenters. The zero-order valence-corrected chi connectivity index (χ0v) is 19.5. The van der Waals surface area contributed by atoms with Gasteiger partial charge in [0.1, 0.15) is 0 Å². The van der Waals surface area contributed by atoms with Crippen molar-refractivity contribution in [3.05, 3.63) is 102 Å². The van der Waals surface area contributed by atoms with Gasteiger partial charge in [0, 0.05) is 18.8 Å². The highest BCUT2D eigenvalue weighted by atomic mass is 28.3. The Bertz CT molecular complexity index is 1220. The van der Waals surface area contributed by atoms with E-state index in [0.29, 0.717) is 0 Å². The summed E-state index contributed by atoms with van der Waals surface area (Å²) in [6.45, 7) is 6.26. The monoisotopic (exact) mass is 434 g/mol. The second-order valence-electron chi connectivity index (χ2n) is 8.15. The van der Waals surface area contributed by atoms with Crippen LogP contribution in [0.4, 0.5) is 11.4 Å². The summed E-state index contributed by atoms with van der Waals surface area (Å²) in [5.41, 5.74) is 3.12. The van der Waals surface area contributed by atoms with E-state index >= 15 is 0 Å². The van der Waals surface area contributed by atoms with Gasteiger partial charge in [0.15, 0.2) is 13.9 Å². The molecule has 5 rings (SSSR count). The average Bonchev–Trinajstić information content (AvgIpc) is 2.85. The van der Waals surface area contributed by atoms with Crippen LogP contribution < -0.4 is 20.5 Å². The second-order valence-corrected chi connectivity index (χ2v) is 11.9.